The third-order valence-corrected chi connectivity index (χ3v) is 4.34. The minimum absolute atomic E-state index is 0.235. The van der Waals surface area contributed by atoms with Crippen LogP contribution in [0.2, 0.25) is 0 Å². The third kappa shape index (κ3) is 2.65. The third-order valence-electron chi connectivity index (χ3n) is 4.34. The minimum Gasteiger partial charge on any atom is -0.480 e. The zero-order chi connectivity index (χ0) is 17.2. The standard InChI is InChI=1S/C20H16O4/c1-24-19(23)20(18(21)22)13-17(20)16-10-6-5-9-15(16)12-11-14-7-3-2-4-8-14/h2-10,17H,13H2,1H3,(H,21,22)/t17-,20-/m0/s1. The molecule has 0 bridgehead atoms. The van der Waals surface area contributed by atoms with Crippen molar-refractivity contribution in [2.24, 2.45) is 5.41 Å². The Morgan fingerprint density at radius 2 is 1.75 bits per heavy atom. The van der Waals surface area contributed by atoms with E-state index in [9.17, 15) is 14.7 Å². The second-order valence-electron chi connectivity index (χ2n) is 5.73. The zero-order valence-corrected chi connectivity index (χ0v) is 13.2. The average molecular weight is 320 g/mol. The number of hydrogen-bond acceptors (Lipinski definition) is 3. The van der Waals surface area contributed by atoms with Crippen molar-refractivity contribution in [3.05, 3.63) is 71.3 Å². The van der Waals surface area contributed by atoms with Crippen LogP contribution in [0.25, 0.3) is 0 Å². The summed E-state index contributed by atoms with van der Waals surface area (Å²) in [5, 5.41) is 9.50. The molecule has 2 aromatic carbocycles. The molecule has 0 heterocycles. The molecule has 0 aromatic heterocycles. The van der Waals surface area contributed by atoms with Crippen LogP contribution >= 0.6 is 0 Å². The van der Waals surface area contributed by atoms with Crippen molar-refractivity contribution in [3.63, 3.8) is 0 Å². The maximum Gasteiger partial charge on any atom is 0.323 e. The Hall–Kier alpha value is -3.06. The summed E-state index contributed by atoms with van der Waals surface area (Å²) in [5.74, 6) is 3.90. The Bertz CT molecular complexity index is 845. The molecule has 1 saturated carbocycles. The van der Waals surface area contributed by atoms with Gasteiger partial charge in [-0.1, -0.05) is 48.2 Å². The highest BCUT2D eigenvalue weighted by Crippen LogP contribution is 2.60. The van der Waals surface area contributed by atoms with E-state index in [2.05, 4.69) is 11.8 Å². The zero-order valence-electron chi connectivity index (χ0n) is 13.2. The molecule has 0 radical (unpaired) electrons. The van der Waals surface area contributed by atoms with E-state index in [4.69, 9.17) is 4.74 Å². The number of ether oxygens (including phenoxy) is 1. The number of carboxylic acid groups (broad SMARTS) is 1. The lowest BCUT2D eigenvalue weighted by molar-refractivity contribution is -0.159. The van der Waals surface area contributed by atoms with Crippen LogP contribution in [0.3, 0.4) is 0 Å². The Labute approximate surface area is 140 Å². The lowest BCUT2D eigenvalue weighted by Gasteiger charge is -2.11. The summed E-state index contributed by atoms with van der Waals surface area (Å²) < 4.78 is 4.70. The fraction of sp³-hybridized carbons (Fsp3) is 0.200. The Morgan fingerprint density at radius 3 is 2.42 bits per heavy atom. The van der Waals surface area contributed by atoms with Crippen molar-refractivity contribution < 1.29 is 19.4 Å². The molecule has 2 aromatic rings. The van der Waals surface area contributed by atoms with Crippen LogP contribution in [0.5, 0.6) is 0 Å². The minimum atomic E-state index is -1.49. The summed E-state index contributed by atoms with van der Waals surface area (Å²) in [6.07, 6.45) is 0.235. The predicted molar refractivity (Wildman–Crippen MR) is 88.3 cm³/mol. The maximum atomic E-state index is 12.0. The van der Waals surface area contributed by atoms with Crippen LogP contribution in [-0.4, -0.2) is 24.2 Å². The van der Waals surface area contributed by atoms with E-state index in [1.165, 1.54) is 7.11 Å². The average Bonchev–Trinajstić information content (AvgIpc) is 3.37. The predicted octanol–water partition coefficient (Wildman–Crippen LogP) is 2.82. The van der Waals surface area contributed by atoms with Crippen molar-refractivity contribution in [1.82, 2.24) is 0 Å². The van der Waals surface area contributed by atoms with Crippen molar-refractivity contribution >= 4 is 11.9 Å². The van der Waals surface area contributed by atoms with Crippen LogP contribution in [0, 0.1) is 17.3 Å². The first kappa shape index (κ1) is 15.8. The molecule has 0 amide bonds. The van der Waals surface area contributed by atoms with E-state index in [1.54, 1.807) is 0 Å². The summed E-state index contributed by atoms with van der Waals surface area (Å²) in [5.41, 5.74) is 0.895. The normalized spacial score (nSPS) is 21.3. The van der Waals surface area contributed by atoms with Gasteiger partial charge in [-0.2, -0.15) is 0 Å². The molecule has 1 N–H and O–H groups in total. The summed E-state index contributed by atoms with van der Waals surface area (Å²) in [6.45, 7) is 0. The quantitative estimate of drug-likeness (QED) is 0.536. The molecule has 0 saturated heterocycles. The van der Waals surface area contributed by atoms with E-state index in [1.807, 2.05) is 54.6 Å². The van der Waals surface area contributed by atoms with Gasteiger partial charge in [-0.05, 0) is 30.2 Å². The number of methoxy groups -OCH3 is 1. The Morgan fingerprint density at radius 1 is 1.08 bits per heavy atom. The smallest absolute Gasteiger partial charge is 0.323 e. The first-order chi connectivity index (χ1) is 11.6. The molecule has 2 atom stereocenters. The van der Waals surface area contributed by atoms with Gasteiger partial charge in [0, 0.05) is 17.0 Å². The summed E-state index contributed by atoms with van der Waals surface area (Å²) >= 11 is 0. The van der Waals surface area contributed by atoms with E-state index in [0.29, 0.717) is 0 Å². The number of carbonyl (C=O) groups excluding carboxylic acids is 1. The van der Waals surface area contributed by atoms with Crippen molar-refractivity contribution in [2.75, 3.05) is 7.11 Å². The van der Waals surface area contributed by atoms with Crippen molar-refractivity contribution in [2.45, 2.75) is 12.3 Å². The number of carbonyl (C=O) groups is 2. The van der Waals surface area contributed by atoms with Crippen LogP contribution < -0.4 is 0 Å². The van der Waals surface area contributed by atoms with Crippen LogP contribution in [-0.2, 0) is 14.3 Å². The van der Waals surface area contributed by atoms with Gasteiger partial charge in [0.25, 0.3) is 0 Å². The SMILES string of the molecule is COC(=O)[C@@]1(C(=O)O)C[C@H]1c1ccccc1C#Cc1ccccc1. The second kappa shape index (κ2) is 6.21. The first-order valence-corrected chi connectivity index (χ1v) is 7.57. The highest BCUT2D eigenvalue weighted by molar-refractivity contribution is 6.04. The molecule has 0 spiro atoms. The Kier molecular flexibility index (Phi) is 4.09. The summed E-state index contributed by atoms with van der Waals surface area (Å²) in [4.78, 5) is 23.6. The van der Waals surface area contributed by atoms with Gasteiger partial charge >= 0.3 is 11.9 Å². The lowest BCUT2D eigenvalue weighted by atomic mass is 9.95. The topological polar surface area (TPSA) is 63.6 Å². The number of carboxylic acids is 1. The van der Waals surface area contributed by atoms with Crippen LogP contribution in [0.15, 0.2) is 54.6 Å². The van der Waals surface area contributed by atoms with Gasteiger partial charge in [0.1, 0.15) is 0 Å². The van der Waals surface area contributed by atoms with Crippen LogP contribution in [0.4, 0.5) is 0 Å². The number of aliphatic carboxylic acids is 1. The number of benzene rings is 2. The van der Waals surface area contributed by atoms with Crippen molar-refractivity contribution in [3.8, 4) is 11.8 Å². The largest absolute Gasteiger partial charge is 0.480 e. The Balaban J connectivity index is 1.96. The van der Waals surface area contributed by atoms with E-state index >= 15 is 0 Å². The highest BCUT2D eigenvalue weighted by Gasteiger charge is 2.68. The molecule has 4 heteroatoms. The molecular formula is C20H16O4. The van der Waals surface area contributed by atoms with Crippen LogP contribution in [0.1, 0.15) is 29.0 Å². The second-order valence-corrected chi connectivity index (χ2v) is 5.73. The van der Waals surface area contributed by atoms with Gasteiger partial charge in [0.05, 0.1) is 7.11 Å². The molecule has 4 nitrogen and oxygen atoms in total. The first-order valence-electron chi connectivity index (χ1n) is 7.57. The molecule has 120 valence electrons. The van der Waals surface area contributed by atoms with E-state index in [0.717, 1.165) is 16.7 Å². The lowest BCUT2D eigenvalue weighted by Crippen LogP contribution is -2.28. The summed E-state index contributed by atoms with van der Waals surface area (Å²) in [6, 6.07) is 16.9. The fourth-order valence-electron chi connectivity index (χ4n) is 2.95. The molecule has 1 aliphatic rings. The molecule has 0 aliphatic heterocycles. The van der Waals surface area contributed by atoms with Gasteiger partial charge in [-0.3, -0.25) is 9.59 Å². The molecule has 3 rings (SSSR count). The molecule has 1 aliphatic carbocycles. The van der Waals surface area contributed by atoms with Gasteiger partial charge in [-0.15, -0.1) is 0 Å². The number of hydrogen-bond donors (Lipinski definition) is 1. The van der Waals surface area contributed by atoms with Gasteiger partial charge < -0.3 is 9.84 Å². The van der Waals surface area contributed by atoms with Gasteiger partial charge in [-0.25, -0.2) is 0 Å². The molecule has 0 unspecified atom stereocenters. The number of esters is 1. The molecule has 1 fully saturated rings. The maximum absolute atomic E-state index is 12.0. The monoisotopic (exact) mass is 320 g/mol. The fourth-order valence-corrected chi connectivity index (χ4v) is 2.95. The van der Waals surface area contributed by atoms with E-state index < -0.39 is 23.3 Å². The van der Waals surface area contributed by atoms with Crippen molar-refractivity contribution in [1.29, 1.82) is 0 Å². The summed E-state index contributed by atoms with van der Waals surface area (Å²) in [7, 11) is 1.21. The van der Waals surface area contributed by atoms with Gasteiger partial charge in [0.2, 0.25) is 0 Å². The highest BCUT2D eigenvalue weighted by atomic mass is 16.5. The molecular weight excluding hydrogens is 304 g/mol. The molecule has 24 heavy (non-hydrogen) atoms. The number of rotatable bonds is 3. The van der Waals surface area contributed by atoms with Gasteiger partial charge in [0.15, 0.2) is 5.41 Å². The van der Waals surface area contributed by atoms with E-state index in [-0.39, 0.29) is 6.42 Å².